The third-order valence-electron chi connectivity index (χ3n) is 19.3. The Morgan fingerprint density at radius 2 is 0.525 bits per heavy atom. The minimum Gasteiger partial charge on any atom is -0.497 e. The Morgan fingerprint density at radius 1 is 0.271 bits per heavy atom. The number of rotatable bonds is 11. The zero-order chi connectivity index (χ0) is 81.5. The third-order valence-corrected chi connectivity index (χ3v) is 21.1. The number of hydrogen-bond donors (Lipinski definition) is 1. The maximum atomic E-state index is 13.5. The fraction of sp³-hybridized carbons (Fsp3) is 0.0659. The van der Waals surface area contributed by atoms with E-state index in [9.17, 15) is 4.39 Å². The van der Waals surface area contributed by atoms with Crippen molar-refractivity contribution in [2.75, 3.05) is 7.11 Å². The smallest absolute Gasteiger partial charge is 0.182 e. The monoisotopic (exact) mass is 1650 g/mol. The van der Waals surface area contributed by atoms with Gasteiger partial charge in [-0.15, -0.1) is 51.0 Å². The highest BCUT2D eigenvalue weighted by Crippen LogP contribution is 2.43. The summed E-state index contributed by atoms with van der Waals surface area (Å²) in [6.07, 6.45) is 0. The van der Waals surface area contributed by atoms with Crippen molar-refractivity contribution in [1.29, 1.82) is 0 Å². The number of fused-ring (bicyclic) bond motifs is 5. The molecule has 20 aromatic rings. The quantitative estimate of drug-likeness (QED) is 0.127. The molecule has 10 aromatic carbocycles. The van der Waals surface area contributed by atoms with E-state index in [1.54, 1.807) is 45.0 Å². The number of hydrogen-bond acceptors (Lipinski definition) is 16. The van der Waals surface area contributed by atoms with Crippen molar-refractivity contribution >= 4 is 113 Å². The van der Waals surface area contributed by atoms with Crippen molar-refractivity contribution in [2.24, 2.45) is 28.2 Å². The Hall–Kier alpha value is -13.9. The highest BCUT2D eigenvalue weighted by molar-refractivity contribution is 6.41. The lowest BCUT2D eigenvalue weighted by molar-refractivity contribution is 0.415. The van der Waals surface area contributed by atoms with Gasteiger partial charge in [-0.1, -0.05) is 312 Å². The van der Waals surface area contributed by atoms with E-state index in [-0.39, 0.29) is 5.82 Å². The van der Waals surface area contributed by atoms with Gasteiger partial charge in [-0.2, -0.15) is 25.5 Å². The molecule has 0 saturated heterocycles. The molecule has 0 aliphatic heterocycles. The van der Waals surface area contributed by atoms with E-state index in [0.29, 0.717) is 92.8 Å². The van der Waals surface area contributed by atoms with Crippen LogP contribution in [0.2, 0.25) is 25.1 Å². The van der Waals surface area contributed by atoms with Crippen LogP contribution in [0.5, 0.6) is 5.75 Å². The molecule has 1 N–H and O–H groups in total. The van der Waals surface area contributed by atoms with Gasteiger partial charge < -0.3 is 4.74 Å². The van der Waals surface area contributed by atoms with Gasteiger partial charge in [0.25, 0.3) is 0 Å². The number of aromatic amines is 1. The average Bonchev–Trinajstić information content (AvgIpc) is 1.61. The molecule has 0 aliphatic rings. The van der Waals surface area contributed by atoms with Gasteiger partial charge in [-0.3, -0.25) is 5.10 Å². The van der Waals surface area contributed by atoms with Crippen molar-refractivity contribution in [2.45, 2.75) is 6.92 Å². The largest absolute Gasteiger partial charge is 0.497 e. The molecular formula is C91H66Cl5FN20O. The van der Waals surface area contributed by atoms with E-state index in [4.69, 9.17) is 62.7 Å². The normalized spacial score (nSPS) is 11.1. The maximum Gasteiger partial charge on any atom is 0.182 e. The van der Waals surface area contributed by atoms with Gasteiger partial charge in [-0.05, 0) is 43.3 Å². The molecule has 0 spiro atoms. The van der Waals surface area contributed by atoms with Crippen LogP contribution in [0.15, 0.2) is 285 Å². The third kappa shape index (κ3) is 15.9. The molecule has 578 valence electrons. The first-order valence-electron chi connectivity index (χ1n) is 36.9. The zero-order valence-electron chi connectivity index (χ0n) is 63.8. The van der Waals surface area contributed by atoms with Crippen LogP contribution in [0.25, 0.3) is 168 Å². The minimum absolute atomic E-state index is 0.347. The number of nitrogens with zero attached hydrogens (tertiary/aromatic N) is 19. The molecule has 0 fully saturated rings. The van der Waals surface area contributed by atoms with Gasteiger partial charge in [0.1, 0.15) is 68.5 Å². The van der Waals surface area contributed by atoms with E-state index in [1.165, 1.54) is 17.7 Å². The Balaban J connectivity index is 0.000000110. The maximum absolute atomic E-state index is 13.5. The fourth-order valence-corrected chi connectivity index (χ4v) is 15.1. The van der Waals surface area contributed by atoms with Crippen LogP contribution in [-0.4, -0.2) is 107 Å². The summed E-state index contributed by atoms with van der Waals surface area (Å²) in [5.74, 6) is 0.431. The average molecular weight is 1650 g/mol. The summed E-state index contributed by atoms with van der Waals surface area (Å²) in [5, 5.41) is 75.0. The first-order valence-corrected chi connectivity index (χ1v) is 38.8. The summed E-state index contributed by atoms with van der Waals surface area (Å²) in [4.78, 5) is 0. The second-order valence-electron chi connectivity index (χ2n) is 27.0. The molecule has 0 saturated carbocycles. The zero-order valence-corrected chi connectivity index (χ0v) is 67.6. The number of methoxy groups -OCH3 is 1. The van der Waals surface area contributed by atoms with Crippen LogP contribution < -0.4 is 4.74 Å². The summed E-state index contributed by atoms with van der Waals surface area (Å²) in [7, 11) is 8.97. The van der Waals surface area contributed by atoms with Crippen molar-refractivity contribution in [1.82, 2.24) is 100 Å². The van der Waals surface area contributed by atoms with Crippen LogP contribution in [-0.2, 0) is 28.2 Å². The highest BCUT2D eigenvalue weighted by atomic mass is 35.5. The number of halogens is 6. The number of benzene rings is 10. The predicted octanol–water partition coefficient (Wildman–Crippen LogP) is 22.2. The topological polar surface area (TPSA) is 238 Å². The van der Waals surface area contributed by atoms with Crippen molar-refractivity contribution in [3.63, 3.8) is 0 Å². The second-order valence-corrected chi connectivity index (χ2v) is 28.8. The van der Waals surface area contributed by atoms with E-state index in [0.717, 1.165) is 106 Å². The Labute approximate surface area is 700 Å². The Kier molecular flexibility index (Phi) is 22.9. The van der Waals surface area contributed by atoms with Gasteiger partial charge in [0.15, 0.2) is 28.2 Å². The summed E-state index contributed by atoms with van der Waals surface area (Å²) in [5.41, 5.74) is 20.6. The van der Waals surface area contributed by atoms with Crippen LogP contribution in [0.4, 0.5) is 4.39 Å². The van der Waals surface area contributed by atoms with Gasteiger partial charge in [0, 0.05) is 83.8 Å². The molecule has 0 radical (unpaired) electrons. The van der Waals surface area contributed by atoms with Crippen LogP contribution in [0.1, 0.15) is 5.56 Å². The standard InChI is InChI=1S/C19H15ClN4O.C19H15ClN4.C18H12ClFN4.C18H13ClN4.C17H11ClN4/c1-24-19-15(17(23-24)12-6-4-3-5-7-12)16(20)18(21-22-19)13-8-10-14(25-2)11-9-13;1-12-8-10-14(11-9-12)18-16(20)15-17(13-6-4-3-5-7-13)23-24(2)19(15)22-21-18;1-24-18-14(16(23-24)11-6-3-2-4-7-11)15(19)17(21-22-18)12-8-5-9-13(20)10-12;1-23-18-14(16(22-23)12-8-4-2-5-9-12)15(19)17(20-21-18)13-10-6-3-7-11-13;18-14-13-15(11-7-3-1-4-8-11)19-21-17(13)22-20-16(14)12-9-5-2-6-10-12/h3-11H,1-2H3;3-11H,1-2H3;2-10H,1H3;2-11H,1H3;1-10H,(H,19,21,22). The first-order chi connectivity index (χ1) is 57.6. The molecule has 0 unspecified atom stereocenters. The van der Waals surface area contributed by atoms with Crippen LogP contribution >= 0.6 is 58.0 Å². The van der Waals surface area contributed by atoms with E-state index in [2.05, 4.69) is 88.5 Å². The molecule has 21 nitrogen and oxygen atoms in total. The molecule has 27 heteroatoms. The number of aryl methyl sites for hydroxylation is 5. The predicted molar refractivity (Wildman–Crippen MR) is 468 cm³/mol. The van der Waals surface area contributed by atoms with Crippen LogP contribution in [0, 0.1) is 12.7 Å². The lowest BCUT2D eigenvalue weighted by atomic mass is 10.1. The molecule has 10 heterocycles. The van der Waals surface area contributed by atoms with Crippen molar-refractivity contribution < 1.29 is 9.13 Å². The summed E-state index contributed by atoms with van der Waals surface area (Å²) in [6, 6.07) is 90.9. The van der Waals surface area contributed by atoms with Gasteiger partial charge >= 0.3 is 0 Å². The lowest BCUT2D eigenvalue weighted by Gasteiger charge is -2.06. The molecule has 0 aliphatic carbocycles. The Morgan fingerprint density at radius 3 is 0.831 bits per heavy atom. The second kappa shape index (κ2) is 34.7. The number of nitrogens with one attached hydrogen (secondary N) is 1. The van der Waals surface area contributed by atoms with Crippen molar-refractivity contribution in [3.8, 4) is 118 Å². The fourth-order valence-electron chi connectivity index (χ4n) is 13.4. The molecule has 118 heavy (non-hydrogen) atoms. The minimum atomic E-state index is -0.347. The van der Waals surface area contributed by atoms with Gasteiger partial charge in [0.2, 0.25) is 0 Å². The number of aromatic nitrogens is 20. The van der Waals surface area contributed by atoms with Gasteiger partial charge in [-0.25, -0.2) is 23.1 Å². The SMILES string of the molecule is COc1ccc(-c2nnc3c(c(-c4ccccc4)nn3C)c2Cl)cc1.Cc1ccc(-c2nnc3c(c(-c4ccccc4)nn3C)c2Cl)cc1.Clc1c(-c2ccccc2)nnc2[nH]nc(-c3ccccc3)c12.Cn1nc(-c2ccccc2)c2c(Cl)c(-c3cccc(F)c3)nnc21.Cn1nc(-c2ccccc2)c2c(Cl)c(-c3ccccc3)nnc21. The van der Waals surface area contributed by atoms with Gasteiger partial charge in [0.05, 0.1) is 59.2 Å². The number of H-pyrrole nitrogens is 1. The van der Waals surface area contributed by atoms with Crippen LogP contribution in [0.3, 0.4) is 0 Å². The summed E-state index contributed by atoms with van der Waals surface area (Å²) >= 11 is 33.4. The molecule has 20 rings (SSSR count). The molecule has 0 amide bonds. The van der Waals surface area contributed by atoms with Crippen molar-refractivity contribution in [3.05, 3.63) is 322 Å². The lowest BCUT2D eigenvalue weighted by Crippen LogP contribution is -1.96. The van der Waals surface area contributed by atoms with E-state index >= 15 is 0 Å². The molecule has 0 atom stereocenters. The molecular weight excluding hydrogens is 1590 g/mol. The molecule has 0 bridgehead atoms. The number of ether oxygens (including phenoxy) is 1. The summed E-state index contributed by atoms with van der Waals surface area (Å²) in [6.45, 7) is 2.05. The molecule has 10 aromatic heterocycles. The summed E-state index contributed by atoms with van der Waals surface area (Å²) < 4.78 is 25.5. The van der Waals surface area contributed by atoms with E-state index < -0.39 is 0 Å². The Bertz CT molecular complexity index is 6970. The van der Waals surface area contributed by atoms with E-state index in [1.807, 2.05) is 282 Å². The highest BCUT2D eigenvalue weighted by Gasteiger charge is 2.26. The first kappa shape index (κ1) is 78.0.